The Kier molecular flexibility index (Phi) is 4.82. The Morgan fingerprint density at radius 3 is 2.43 bits per heavy atom. The summed E-state index contributed by atoms with van der Waals surface area (Å²) in [5.74, 6) is -0.0139. The number of carbonyl (C=O) groups is 1. The topological polar surface area (TPSA) is 72.9 Å². The summed E-state index contributed by atoms with van der Waals surface area (Å²) >= 11 is 0. The summed E-state index contributed by atoms with van der Waals surface area (Å²) in [4.78, 5) is 11.5. The average Bonchev–Trinajstić information content (AvgIpc) is 3.09. The molecule has 0 radical (unpaired) electrons. The first-order chi connectivity index (χ1) is 11.0. The first kappa shape index (κ1) is 16.6. The van der Waals surface area contributed by atoms with E-state index in [1.807, 2.05) is 0 Å². The van der Waals surface area contributed by atoms with Crippen LogP contribution < -0.4 is 0 Å². The molecule has 2 heterocycles. The van der Waals surface area contributed by atoms with Gasteiger partial charge in [-0.25, -0.2) is 8.42 Å². The van der Waals surface area contributed by atoms with Crippen molar-refractivity contribution >= 4 is 15.8 Å². The minimum Gasteiger partial charge on any atom is -0.350 e. The molecule has 2 aliphatic rings. The molecule has 1 aromatic rings. The van der Waals surface area contributed by atoms with Gasteiger partial charge in [0.05, 0.1) is 18.1 Å². The first-order valence-electron chi connectivity index (χ1n) is 7.83. The zero-order chi connectivity index (χ0) is 16.4. The van der Waals surface area contributed by atoms with Crippen LogP contribution in [-0.2, 0) is 19.5 Å². The molecule has 6 nitrogen and oxygen atoms in total. The predicted molar refractivity (Wildman–Crippen MR) is 83.6 cm³/mol. The van der Waals surface area contributed by atoms with Crippen LogP contribution in [0.1, 0.15) is 30.1 Å². The van der Waals surface area contributed by atoms with Gasteiger partial charge in [-0.05, 0) is 31.9 Å². The van der Waals surface area contributed by atoms with Crippen LogP contribution in [0.4, 0.5) is 0 Å². The molecule has 0 bridgehead atoms. The Balaban J connectivity index is 1.76. The normalized spacial score (nSPS) is 24.0. The molecule has 0 unspecified atom stereocenters. The third-order valence-corrected chi connectivity index (χ3v) is 6.23. The van der Waals surface area contributed by atoms with E-state index in [0.717, 1.165) is 12.8 Å². The summed E-state index contributed by atoms with van der Waals surface area (Å²) < 4.78 is 38.1. The Hall–Kier alpha value is -1.28. The lowest BCUT2D eigenvalue weighted by atomic mass is 9.99. The Bertz CT molecular complexity index is 664. The van der Waals surface area contributed by atoms with Crippen molar-refractivity contribution in [3.05, 3.63) is 29.8 Å². The van der Waals surface area contributed by atoms with Gasteiger partial charge in [0.1, 0.15) is 0 Å². The minimum absolute atomic E-state index is 0.0671. The Morgan fingerprint density at radius 2 is 1.83 bits per heavy atom. The molecule has 0 aromatic heterocycles. The fourth-order valence-electron chi connectivity index (χ4n) is 3.07. The third-order valence-electron chi connectivity index (χ3n) is 4.35. The molecular formula is C16H21NO5S. The SMILES string of the molecule is CC(=O)c1ccc(S(=O)(=O)N2CCC[C@@H](C3OCCO3)C2)cc1. The van der Waals surface area contributed by atoms with Gasteiger partial charge in [-0.3, -0.25) is 4.79 Å². The number of hydrogen-bond acceptors (Lipinski definition) is 5. The van der Waals surface area contributed by atoms with E-state index in [0.29, 0.717) is 31.9 Å². The lowest BCUT2D eigenvalue weighted by Crippen LogP contribution is -2.43. The number of Topliss-reactive ketones (excluding diaryl/α,β-unsaturated/α-hetero) is 1. The summed E-state index contributed by atoms with van der Waals surface area (Å²) in [7, 11) is -3.56. The van der Waals surface area contributed by atoms with Gasteiger partial charge < -0.3 is 9.47 Å². The number of ether oxygens (including phenoxy) is 2. The zero-order valence-corrected chi connectivity index (χ0v) is 13.9. The highest BCUT2D eigenvalue weighted by molar-refractivity contribution is 7.89. The molecule has 2 aliphatic heterocycles. The number of ketones is 1. The maximum atomic E-state index is 12.8. The van der Waals surface area contributed by atoms with Crippen molar-refractivity contribution in [2.75, 3.05) is 26.3 Å². The molecule has 0 saturated carbocycles. The fourth-order valence-corrected chi connectivity index (χ4v) is 4.61. The summed E-state index contributed by atoms with van der Waals surface area (Å²) in [6.45, 7) is 3.50. The van der Waals surface area contributed by atoms with Crippen molar-refractivity contribution in [3.63, 3.8) is 0 Å². The van der Waals surface area contributed by atoms with Gasteiger partial charge in [0.25, 0.3) is 0 Å². The van der Waals surface area contributed by atoms with E-state index in [4.69, 9.17) is 9.47 Å². The molecular weight excluding hydrogens is 318 g/mol. The number of piperidine rings is 1. The molecule has 1 atom stereocenters. The molecule has 2 saturated heterocycles. The largest absolute Gasteiger partial charge is 0.350 e. The van der Waals surface area contributed by atoms with Gasteiger partial charge in [-0.1, -0.05) is 12.1 Å². The van der Waals surface area contributed by atoms with Gasteiger partial charge in [0, 0.05) is 24.6 Å². The molecule has 0 N–H and O–H groups in total. The number of carbonyl (C=O) groups excluding carboxylic acids is 1. The number of hydrogen-bond donors (Lipinski definition) is 0. The van der Waals surface area contributed by atoms with E-state index in [1.54, 1.807) is 12.1 Å². The lowest BCUT2D eigenvalue weighted by molar-refractivity contribution is -0.0940. The molecule has 3 rings (SSSR count). The summed E-state index contributed by atoms with van der Waals surface area (Å²) in [5, 5.41) is 0. The monoisotopic (exact) mass is 339 g/mol. The van der Waals surface area contributed by atoms with Gasteiger partial charge in [-0.15, -0.1) is 0 Å². The van der Waals surface area contributed by atoms with Crippen molar-refractivity contribution in [2.45, 2.75) is 31.0 Å². The smallest absolute Gasteiger partial charge is 0.243 e. The number of rotatable bonds is 4. The summed E-state index contributed by atoms with van der Waals surface area (Å²) in [6.07, 6.45) is 1.39. The van der Waals surface area contributed by atoms with Crippen LogP contribution >= 0.6 is 0 Å². The van der Waals surface area contributed by atoms with E-state index in [2.05, 4.69) is 0 Å². The molecule has 0 aliphatic carbocycles. The van der Waals surface area contributed by atoms with E-state index in [1.165, 1.54) is 23.4 Å². The molecule has 23 heavy (non-hydrogen) atoms. The van der Waals surface area contributed by atoms with Crippen molar-refractivity contribution in [2.24, 2.45) is 5.92 Å². The molecule has 2 fully saturated rings. The van der Waals surface area contributed by atoms with Gasteiger partial charge in [-0.2, -0.15) is 4.31 Å². The maximum Gasteiger partial charge on any atom is 0.243 e. The maximum absolute atomic E-state index is 12.8. The van der Waals surface area contributed by atoms with E-state index >= 15 is 0 Å². The van der Waals surface area contributed by atoms with Crippen molar-refractivity contribution in [3.8, 4) is 0 Å². The number of nitrogens with zero attached hydrogens (tertiary/aromatic N) is 1. The van der Waals surface area contributed by atoms with Crippen molar-refractivity contribution in [1.29, 1.82) is 0 Å². The van der Waals surface area contributed by atoms with Gasteiger partial charge in [0.2, 0.25) is 10.0 Å². The van der Waals surface area contributed by atoms with Crippen LogP contribution in [0, 0.1) is 5.92 Å². The zero-order valence-electron chi connectivity index (χ0n) is 13.1. The molecule has 126 valence electrons. The second kappa shape index (κ2) is 6.68. The predicted octanol–water partition coefficient (Wildman–Crippen LogP) is 1.66. The third kappa shape index (κ3) is 3.47. The van der Waals surface area contributed by atoms with Crippen LogP contribution in [0.25, 0.3) is 0 Å². The van der Waals surface area contributed by atoms with E-state index in [-0.39, 0.29) is 22.9 Å². The minimum atomic E-state index is -3.56. The standard InChI is InChI=1S/C16H21NO5S/c1-12(18)13-4-6-15(7-5-13)23(19,20)17-8-2-3-14(11-17)16-21-9-10-22-16/h4-7,14,16H,2-3,8-11H2,1H3/t14-/m1/s1. The van der Waals surface area contributed by atoms with Gasteiger partial charge in [0.15, 0.2) is 12.1 Å². The second-order valence-corrected chi connectivity index (χ2v) is 7.89. The van der Waals surface area contributed by atoms with E-state index in [9.17, 15) is 13.2 Å². The summed E-state index contributed by atoms with van der Waals surface area (Å²) in [5.41, 5.74) is 0.508. The second-order valence-electron chi connectivity index (χ2n) is 5.96. The van der Waals surface area contributed by atoms with Gasteiger partial charge >= 0.3 is 0 Å². The highest BCUT2D eigenvalue weighted by Gasteiger charge is 2.36. The number of benzene rings is 1. The molecule has 1 aromatic carbocycles. The van der Waals surface area contributed by atoms with Crippen LogP contribution in [-0.4, -0.2) is 51.1 Å². The molecule has 0 amide bonds. The summed E-state index contributed by atoms with van der Waals surface area (Å²) in [6, 6.07) is 6.11. The van der Waals surface area contributed by atoms with Crippen LogP contribution in [0.5, 0.6) is 0 Å². The average molecular weight is 339 g/mol. The lowest BCUT2D eigenvalue weighted by Gasteiger charge is -2.33. The fraction of sp³-hybridized carbons (Fsp3) is 0.562. The molecule has 7 heteroatoms. The Labute approximate surface area is 136 Å². The first-order valence-corrected chi connectivity index (χ1v) is 9.27. The van der Waals surface area contributed by atoms with Crippen molar-refractivity contribution < 1.29 is 22.7 Å². The Morgan fingerprint density at radius 1 is 1.17 bits per heavy atom. The highest BCUT2D eigenvalue weighted by atomic mass is 32.2. The van der Waals surface area contributed by atoms with Crippen LogP contribution in [0.15, 0.2) is 29.2 Å². The van der Waals surface area contributed by atoms with E-state index < -0.39 is 10.0 Å². The van der Waals surface area contributed by atoms with Crippen LogP contribution in [0.3, 0.4) is 0 Å². The number of sulfonamides is 1. The van der Waals surface area contributed by atoms with Crippen LogP contribution in [0.2, 0.25) is 0 Å². The van der Waals surface area contributed by atoms with Crippen molar-refractivity contribution in [1.82, 2.24) is 4.31 Å². The molecule has 0 spiro atoms. The highest BCUT2D eigenvalue weighted by Crippen LogP contribution is 2.28. The quantitative estimate of drug-likeness (QED) is 0.780.